The van der Waals surface area contributed by atoms with Gasteiger partial charge in [0, 0.05) is 11.6 Å². The number of benzene rings is 2. The molecule has 106 valence electrons. The molecule has 0 aliphatic carbocycles. The molecule has 3 aromatic rings. The van der Waals surface area contributed by atoms with E-state index in [1.54, 1.807) is 13.3 Å². The molecule has 0 bridgehead atoms. The molecule has 0 atom stereocenters. The first kappa shape index (κ1) is 13.4. The summed E-state index contributed by atoms with van der Waals surface area (Å²) in [6.45, 7) is 2.57. The van der Waals surface area contributed by atoms with Crippen LogP contribution in [0.25, 0.3) is 10.9 Å². The lowest BCUT2D eigenvalue weighted by Gasteiger charge is -2.12. The molecule has 0 amide bonds. The van der Waals surface area contributed by atoms with Gasteiger partial charge in [-0.15, -0.1) is 0 Å². The quantitative estimate of drug-likeness (QED) is 0.719. The summed E-state index contributed by atoms with van der Waals surface area (Å²) in [5.41, 5.74) is 3.21. The molecule has 0 saturated carbocycles. The zero-order valence-electron chi connectivity index (χ0n) is 12.2. The number of methoxy groups -OCH3 is 1. The van der Waals surface area contributed by atoms with E-state index in [9.17, 15) is 0 Å². The van der Waals surface area contributed by atoms with Crippen molar-refractivity contribution in [1.82, 2.24) is 4.98 Å². The van der Waals surface area contributed by atoms with Crippen LogP contribution >= 0.6 is 0 Å². The van der Waals surface area contributed by atoms with Crippen molar-refractivity contribution < 1.29 is 9.47 Å². The van der Waals surface area contributed by atoms with Crippen molar-refractivity contribution in [2.24, 2.45) is 0 Å². The van der Waals surface area contributed by atoms with Crippen LogP contribution in [-0.2, 0) is 6.61 Å². The van der Waals surface area contributed by atoms with Crippen molar-refractivity contribution >= 4 is 10.9 Å². The van der Waals surface area contributed by atoms with Crippen LogP contribution in [0.1, 0.15) is 11.1 Å². The zero-order valence-corrected chi connectivity index (χ0v) is 12.2. The normalized spacial score (nSPS) is 10.6. The standard InChI is InChI=1S/C18H17NO2/c1-13-15(5-3-7-18(13)20-2)12-21-16-8-9-17-14(11-16)6-4-10-19-17/h3-11H,12H2,1-2H3. The van der Waals surface area contributed by atoms with Gasteiger partial charge in [0.2, 0.25) is 0 Å². The van der Waals surface area contributed by atoms with E-state index in [0.717, 1.165) is 33.5 Å². The molecule has 0 unspecified atom stereocenters. The minimum atomic E-state index is 0.523. The van der Waals surface area contributed by atoms with Gasteiger partial charge in [0.1, 0.15) is 18.1 Å². The summed E-state index contributed by atoms with van der Waals surface area (Å²) < 4.78 is 11.2. The molecule has 1 aromatic heterocycles. The zero-order chi connectivity index (χ0) is 14.7. The first-order valence-electron chi connectivity index (χ1n) is 6.88. The summed E-state index contributed by atoms with van der Waals surface area (Å²) in [6.07, 6.45) is 1.79. The highest BCUT2D eigenvalue weighted by Crippen LogP contribution is 2.24. The van der Waals surface area contributed by atoms with Gasteiger partial charge in [-0.1, -0.05) is 18.2 Å². The molecule has 0 saturated heterocycles. The highest BCUT2D eigenvalue weighted by atomic mass is 16.5. The van der Waals surface area contributed by atoms with Crippen molar-refractivity contribution in [2.45, 2.75) is 13.5 Å². The predicted octanol–water partition coefficient (Wildman–Crippen LogP) is 4.13. The number of ether oxygens (including phenoxy) is 2. The summed E-state index contributed by atoms with van der Waals surface area (Å²) in [5, 5.41) is 1.08. The van der Waals surface area contributed by atoms with Gasteiger partial charge >= 0.3 is 0 Å². The summed E-state index contributed by atoms with van der Waals surface area (Å²) >= 11 is 0. The predicted molar refractivity (Wildman–Crippen MR) is 83.8 cm³/mol. The van der Waals surface area contributed by atoms with E-state index in [-0.39, 0.29) is 0 Å². The number of hydrogen-bond donors (Lipinski definition) is 0. The van der Waals surface area contributed by atoms with E-state index in [2.05, 4.69) is 11.1 Å². The maximum absolute atomic E-state index is 5.90. The van der Waals surface area contributed by atoms with Crippen LogP contribution in [0.3, 0.4) is 0 Å². The molecule has 0 aliphatic heterocycles. The molecule has 21 heavy (non-hydrogen) atoms. The summed E-state index contributed by atoms with van der Waals surface area (Å²) in [7, 11) is 1.68. The van der Waals surface area contributed by atoms with Crippen molar-refractivity contribution in [2.75, 3.05) is 7.11 Å². The SMILES string of the molecule is COc1cccc(COc2ccc3ncccc3c2)c1C. The molecule has 0 aliphatic rings. The van der Waals surface area contributed by atoms with Gasteiger partial charge in [0.05, 0.1) is 12.6 Å². The number of aromatic nitrogens is 1. The number of nitrogens with zero attached hydrogens (tertiary/aromatic N) is 1. The van der Waals surface area contributed by atoms with Crippen LogP contribution in [0.2, 0.25) is 0 Å². The summed E-state index contributed by atoms with van der Waals surface area (Å²) in [5.74, 6) is 1.73. The monoisotopic (exact) mass is 279 g/mol. The highest BCUT2D eigenvalue weighted by Gasteiger charge is 2.05. The van der Waals surface area contributed by atoms with Crippen LogP contribution in [0, 0.1) is 6.92 Å². The first-order valence-corrected chi connectivity index (χ1v) is 6.88. The lowest BCUT2D eigenvalue weighted by molar-refractivity contribution is 0.304. The van der Waals surface area contributed by atoms with E-state index in [1.807, 2.05) is 49.4 Å². The molecule has 3 rings (SSSR count). The second-order valence-corrected chi connectivity index (χ2v) is 4.89. The highest BCUT2D eigenvalue weighted by molar-refractivity contribution is 5.79. The second-order valence-electron chi connectivity index (χ2n) is 4.89. The fourth-order valence-electron chi connectivity index (χ4n) is 2.34. The average molecular weight is 279 g/mol. The maximum atomic E-state index is 5.90. The molecule has 0 fully saturated rings. The molecule has 3 nitrogen and oxygen atoms in total. The first-order chi connectivity index (χ1) is 10.3. The Balaban J connectivity index is 1.80. The maximum Gasteiger partial charge on any atom is 0.122 e. The van der Waals surface area contributed by atoms with Crippen LogP contribution < -0.4 is 9.47 Å². The number of rotatable bonds is 4. The summed E-state index contributed by atoms with van der Waals surface area (Å²) in [6, 6.07) is 15.9. The van der Waals surface area contributed by atoms with Crippen LogP contribution in [0.5, 0.6) is 11.5 Å². The van der Waals surface area contributed by atoms with Gasteiger partial charge in [-0.25, -0.2) is 0 Å². The Kier molecular flexibility index (Phi) is 3.73. The number of pyridine rings is 1. The Bertz CT molecular complexity index is 768. The third kappa shape index (κ3) is 2.82. The summed E-state index contributed by atoms with van der Waals surface area (Å²) in [4.78, 5) is 4.31. The Labute approximate surface area is 124 Å². The molecular formula is C18H17NO2. The van der Waals surface area contributed by atoms with Crippen molar-refractivity contribution in [3.8, 4) is 11.5 Å². The molecular weight excluding hydrogens is 262 g/mol. The van der Waals surface area contributed by atoms with E-state index >= 15 is 0 Å². The Morgan fingerprint density at radius 2 is 1.95 bits per heavy atom. The van der Waals surface area contributed by atoms with E-state index in [0.29, 0.717) is 6.61 Å². The fourth-order valence-corrected chi connectivity index (χ4v) is 2.34. The third-order valence-corrected chi connectivity index (χ3v) is 3.58. The molecule has 1 heterocycles. The lowest BCUT2D eigenvalue weighted by Crippen LogP contribution is -1.99. The van der Waals surface area contributed by atoms with E-state index in [1.165, 1.54) is 0 Å². The Morgan fingerprint density at radius 3 is 2.81 bits per heavy atom. The van der Waals surface area contributed by atoms with Crippen molar-refractivity contribution in [3.63, 3.8) is 0 Å². The van der Waals surface area contributed by atoms with Crippen molar-refractivity contribution in [3.05, 3.63) is 65.9 Å². The largest absolute Gasteiger partial charge is 0.496 e. The Hall–Kier alpha value is -2.55. The van der Waals surface area contributed by atoms with Crippen molar-refractivity contribution in [1.29, 1.82) is 0 Å². The Morgan fingerprint density at radius 1 is 1.05 bits per heavy atom. The molecule has 0 radical (unpaired) electrons. The van der Waals surface area contributed by atoms with Gasteiger partial charge in [-0.3, -0.25) is 4.98 Å². The van der Waals surface area contributed by atoms with E-state index < -0.39 is 0 Å². The molecule has 2 aromatic carbocycles. The molecule has 3 heteroatoms. The van der Waals surface area contributed by atoms with Gasteiger partial charge in [-0.05, 0) is 48.4 Å². The fraction of sp³-hybridized carbons (Fsp3) is 0.167. The smallest absolute Gasteiger partial charge is 0.122 e. The topological polar surface area (TPSA) is 31.4 Å². The number of fused-ring (bicyclic) bond motifs is 1. The minimum absolute atomic E-state index is 0.523. The lowest BCUT2D eigenvalue weighted by atomic mass is 10.1. The minimum Gasteiger partial charge on any atom is -0.496 e. The van der Waals surface area contributed by atoms with Gasteiger partial charge < -0.3 is 9.47 Å². The average Bonchev–Trinajstić information content (AvgIpc) is 2.54. The van der Waals surface area contributed by atoms with E-state index in [4.69, 9.17) is 9.47 Å². The molecule has 0 spiro atoms. The van der Waals surface area contributed by atoms with Gasteiger partial charge in [0.15, 0.2) is 0 Å². The molecule has 0 N–H and O–H groups in total. The van der Waals surface area contributed by atoms with Gasteiger partial charge in [-0.2, -0.15) is 0 Å². The van der Waals surface area contributed by atoms with Gasteiger partial charge in [0.25, 0.3) is 0 Å². The van der Waals surface area contributed by atoms with Crippen LogP contribution in [0.15, 0.2) is 54.7 Å². The van der Waals surface area contributed by atoms with Crippen LogP contribution in [-0.4, -0.2) is 12.1 Å². The second kappa shape index (κ2) is 5.83. The van der Waals surface area contributed by atoms with Crippen LogP contribution in [0.4, 0.5) is 0 Å². The number of hydrogen-bond acceptors (Lipinski definition) is 3. The third-order valence-electron chi connectivity index (χ3n) is 3.58.